The van der Waals surface area contributed by atoms with E-state index in [9.17, 15) is 9.59 Å². The van der Waals surface area contributed by atoms with Gasteiger partial charge in [-0.1, -0.05) is 25.1 Å². The molecule has 0 radical (unpaired) electrons. The summed E-state index contributed by atoms with van der Waals surface area (Å²) in [6.07, 6.45) is 3.49. The lowest BCUT2D eigenvalue weighted by molar-refractivity contribution is -0.133. The SMILES string of the molecule is CC[C@]1(C(=O)NCCN(C)C)C[C@H]2CC[C@@H]1N2C(=O)c1csc2ccccc12. The van der Waals surface area contributed by atoms with E-state index in [4.69, 9.17) is 0 Å². The number of hydrogen-bond donors (Lipinski definition) is 1. The summed E-state index contributed by atoms with van der Waals surface area (Å²) in [4.78, 5) is 30.8. The van der Waals surface area contributed by atoms with Crippen molar-refractivity contribution in [2.75, 3.05) is 27.2 Å². The normalized spacial score (nSPS) is 26.4. The summed E-state index contributed by atoms with van der Waals surface area (Å²) in [5.41, 5.74) is 0.342. The number of nitrogens with one attached hydrogen (secondary N) is 1. The van der Waals surface area contributed by atoms with E-state index in [0.717, 1.165) is 47.9 Å². The lowest BCUT2D eigenvalue weighted by Crippen LogP contribution is -2.50. The molecular weight excluding hydrogens is 370 g/mol. The minimum absolute atomic E-state index is 0.00742. The molecule has 150 valence electrons. The highest BCUT2D eigenvalue weighted by molar-refractivity contribution is 7.17. The highest BCUT2D eigenvalue weighted by Gasteiger charge is 2.60. The third-order valence-corrected chi connectivity index (χ3v) is 7.58. The summed E-state index contributed by atoms with van der Waals surface area (Å²) in [7, 11) is 4.01. The molecule has 0 aliphatic carbocycles. The Morgan fingerprint density at radius 3 is 2.82 bits per heavy atom. The number of fused-ring (bicyclic) bond motifs is 3. The second-order valence-corrected chi connectivity index (χ2v) is 9.29. The van der Waals surface area contributed by atoms with Gasteiger partial charge >= 0.3 is 0 Å². The molecule has 6 heteroatoms. The second kappa shape index (κ2) is 7.48. The quantitative estimate of drug-likeness (QED) is 0.810. The van der Waals surface area contributed by atoms with Crippen LogP contribution in [-0.4, -0.2) is 60.9 Å². The third kappa shape index (κ3) is 3.03. The maximum atomic E-state index is 13.5. The van der Waals surface area contributed by atoms with E-state index in [0.29, 0.717) is 6.54 Å². The maximum Gasteiger partial charge on any atom is 0.255 e. The first-order chi connectivity index (χ1) is 13.5. The second-order valence-electron chi connectivity index (χ2n) is 8.38. The number of rotatable bonds is 6. The maximum absolute atomic E-state index is 13.5. The van der Waals surface area contributed by atoms with Crippen LogP contribution in [-0.2, 0) is 4.79 Å². The zero-order valence-corrected chi connectivity index (χ0v) is 17.7. The summed E-state index contributed by atoms with van der Waals surface area (Å²) in [5, 5.41) is 6.15. The molecule has 2 bridgehead atoms. The molecule has 3 atom stereocenters. The first-order valence-corrected chi connectivity index (χ1v) is 11.1. The van der Waals surface area contributed by atoms with Gasteiger partial charge < -0.3 is 15.1 Å². The van der Waals surface area contributed by atoms with Gasteiger partial charge in [0, 0.05) is 40.6 Å². The molecule has 4 rings (SSSR count). The van der Waals surface area contributed by atoms with Crippen LogP contribution in [0.3, 0.4) is 0 Å². The van der Waals surface area contributed by atoms with Crippen molar-refractivity contribution < 1.29 is 9.59 Å². The van der Waals surface area contributed by atoms with Crippen LogP contribution in [0.5, 0.6) is 0 Å². The van der Waals surface area contributed by atoms with Crippen molar-refractivity contribution in [3.8, 4) is 0 Å². The van der Waals surface area contributed by atoms with Crippen molar-refractivity contribution in [2.45, 2.75) is 44.7 Å². The topological polar surface area (TPSA) is 52.7 Å². The zero-order chi connectivity index (χ0) is 19.9. The van der Waals surface area contributed by atoms with Gasteiger partial charge in [0.15, 0.2) is 0 Å². The summed E-state index contributed by atoms with van der Waals surface area (Å²) in [5.74, 6) is 0.221. The van der Waals surface area contributed by atoms with E-state index >= 15 is 0 Å². The van der Waals surface area contributed by atoms with E-state index in [1.807, 2.05) is 42.6 Å². The predicted molar refractivity (Wildman–Crippen MR) is 114 cm³/mol. The Morgan fingerprint density at radius 2 is 2.07 bits per heavy atom. The number of thiophene rings is 1. The van der Waals surface area contributed by atoms with Crippen LogP contribution in [0.25, 0.3) is 10.1 Å². The van der Waals surface area contributed by atoms with Crippen LogP contribution in [0, 0.1) is 5.41 Å². The van der Waals surface area contributed by atoms with E-state index < -0.39 is 5.41 Å². The van der Waals surface area contributed by atoms with Gasteiger partial charge in [0.05, 0.1) is 11.0 Å². The average Bonchev–Trinajstić information content (AvgIpc) is 3.38. The molecule has 2 amide bonds. The van der Waals surface area contributed by atoms with E-state index in [-0.39, 0.29) is 23.9 Å². The highest BCUT2D eigenvalue weighted by atomic mass is 32.1. The third-order valence-electron chi connectivity index (χ3n) is 6.61. The van der Waals surface area contributed by atoms with E-state index in [1.54, 1.807) is 11.3 Å². The molecule has 2 aliphatic heterocycles. The minimum atomic E-state index is -0.448. The van der Waals surface area contributed by atoms with Gasteiger partial charge in [-0.15, -0.1) is 11.3 Å². The first-order valence-electron chi connectivity index (χ1n) is 10.2. The average molecular weight is 400 g/mol. The molecule has 2 fully saturated rings. The van der Waals surface area contributed by atoms with Crippen LogP contribution in [0.15, 0.2) is 29.6 Å². The fraction of sp³-hybridized carbons (Fsp3) is 0.545. The monoisotopic (exact) mass is 399 g/mol. The lowest BCUT2D eigenvalue weighted by Gasteiger charge is -2.35. The van der Waals surface area contributed by atoms with Gasteiger partial charge in [0.1, 0.15) is 0 Å². The molecule has 28 heavy (non-hydrogen) atoms. The Kier molecular flexibility index (Phi) is 5.19. The van der Waals surface area contributed by atoms with Crippen LogP contribution in [0.4, 0.5) is 0 Å². The van der Waals surface area contributed by atoms with Gasteiger partial charge in [-0.2, -0.15) is 0 Å². The van der Waals surface area contributed by atoms with Crippen LogP contribution >= 0.6 is 11.3 Å². The van der Waals surface area contributed by atoms with E-state index in [2.05, 4.69) is 23.2 Å². The zero-order valence-electron chi connectivity index (χ0n) is 16.9. The van der Waals surface area contributed by atoms with E-state index in [1.165, 1.54) is 0 Å². The summed E-state index contributed by atoms with van der Waals surface area (Å²) >= 11 is 1.62. The smallest absolute Gasteiger partial charge is 0.255 e. The molecule has 2 saturated heterocycles. The molecule has 3 heterocycles. The predicted octanol–water partition coefficient (Wildman–Crippen LogP) is 3.35. The van der Waals surface area contributed by atoms with Crippen LogP contribution < -0.4 is 5.32 Å². The number of amides is 2. The molecule has 1 aromatic heterocycles. The molecule has 2 aliphatic rings. The Hall–Kier alpha value is -1.92. The molecule has 1 N–H and O–H groups in total. The van der Waals surface area contributed by atoms with Crippen molar-refractivity contribution in [3.63, 3.8) is 0 Å². The summed E-state index contributed by atoms with van der Waals surface area (Å²) in [6.45, 7) is 3.56. The summed E-state index contributed by atoms with van der Waals surface area (Å²) in [6, 6.07) is 8.26. The van der Waals surface area contributed by atoms with Gasteiger partial charge in [-0.25, -0.2) is 0 Å². The Morgan fingerprint density at radius 1 is 1.29 bits per heavy atom. The van der Waals surface area contributed by atoms with Crippen LogP contribution in [0.1, 0.15) is 43.0 Å². The van der Waals surface area contributed by atoms with Crippen LogP contribution in [0.2, 0.25) is 0 Å². The number of carbonyl (C=O) groups excluding carboxylic acids is 2. The Bertz CT molecular complexity index is 893. The molecule has 0 spiro atoms. The number of carbonyl (C=O) groups is 2. The van der Waals surface area contributed by atoms with Gasteiger partial charge in [-0.05, 0) is 45.8 Å². The molecule has 5 nitrogen and oxygen atoms in total. The minimum Gasteiger partial charge on any atom is -0.354 e. The Labute approximate surface area is 170 Å². The molecule has 2 aromatic rings. The number of hydrogen-bond acceptors (Lipinski definition) is 4. The molecule has 1 aromatic carbocycles. The van der Waals surface area contributed by atoms with Gasteiger partial charge in [0.25, 0.3) is 5.91 Å². The number of nitrogens with zero attached hydrogens (tertiary/aromatic N) is 2. The van der Waals surface area contributed by atoms with Gasteiger partial charge in [-0.3, -0.25) is 9.59 Å². The summed E-state index contributed by atoms with van der Waals surface area (Å²) < 4.78 is 1.14. The standard InChI is InChI=1S/C22H29N3O2S/c1-4-22(21(27)23-11-12-24(2)3)13-15-9-10-19(22)25(15)20(26)17-14-28-18-8-6-5-7-16(17)18/h5-8,14-15,19H,4,9-13H2,1-3H3,(H,23,27)/t15-,19+,22+/m1/s1. The largest absolute Gasteiger partial charge is 0.354 e. The molecule has 0 saturated carbocycles. The fourth-order valence-corrected chi connectivity index (χ4v) is 6.06. The molecular formula is C22H29N3O2S. The van der Waals surface area contributed by atoms with Crippen molar-refractivity contribution >= 4 is 33.2 Å². The fourth-order valence-electron chi connectivity index (χ4n) is 5.13. The first kappa shape index (κ1) is 19.4. The van der Waals surface area contributed by atoms with Crippen molar-refractivity contribution in [2.24, 2.45) is 5.41 Å². The number of likely N-dealkylation sites (N-methyl/N-ethyl adjacent to an activating group) is 1. The lowest BCUT2D eigenvalue weighted by atomic mass is 9.71. The highest BCUT2D eigenvalue weighted by Crippen LogP contribution is 2.52. The Balaban J connectivity index is 1.58. The van der Waals surface area contributed by atoms with Crippen molar-refractivity contribution in [1.29, 1.82) is 0 Å². The number of benzene rings is 1. The van der Waals surface area contributed by atoms with Crippen molar-refractivity contribution in [1.82, 2.24) is 15.1 Å². The molecule has 0 unspecified atom stereocenters. The van der Waals surface area contributed by atoms with Crippen molar-refractivity contribution in [3.05, 3.63) is 35.2 Å². The van der Waals surface area contributed by atoms with Gasteiger partial charge in [0.2, 0.25) is 5.91 Å².